The normalized spacial score (nSPS) is 19.9. The summed E-state index contributed by atoms with van der Waals surface area (Å²) in [4.78, 5) is 24.7. The number of nitriles is 1. The van der Waals surface area contributed by atoms with E-state index in [1.165, 1.54) is 0 Å². The first kappa shape index (κ1) is 23.6. The van der Waals surface area contributed by atoms with Gasteiger partial charge < -0.3 is 14.2 Å². The minimum Gasteiger partial charge on any atom is -0.462 e. The first-order valence-electron chi connectivity index (χ1n) is 10.2. The van der Waals surface area contributed by atoms with Crippen molar-refractivity contribution in [3.63, 3.8) is 0 Å². The highest BCUT2D eigenvalue weighted by molar-refractivity contribution is 9.12. The number of rotatable bonds is 8. The predicted molar refractivity (Wildman–Crippen MR) is 122 cm³/mol. The number of hydrogen-bond donors (Lipinski definition) is 0. The molecule has 3 atom stereocenters. The molecule has 1 aliphatic rings. The number of para-hydroxylation sites is 1. The number of allylic oxidation sites excluding steroid dienone is 1. The zero-order chi connectivity index (χ0) is 23.3. The van der Waals surface area contributed by atoms with Gasteiger partial charge in [-0.2, -0.15) is 5.26 Å². The van der Waals surface area contributed by atoms with Crippen molar-refractivity contribution in [3.8, 4) is 17.6 Å². The lowest BCUT2D eigenvalue weighted by molar-refractivity contribution is -0.149. The van der Waals surface area contributed by atoms with Crippen LogP contribution in [0.25, 0.3) is 0 Å². The minimum atomic E-state index is -1.07. The molecule has 0 amide bonds. The smallest absolute Gasteiger partial charge is 0.344 e. The number of hydrogen-bond acceptors (Lipinski definition) is 6. The molecule has 7 heteroatoms. The van der Waals surface area contributed by atoms with Gasteiger partial charge in [-0.3, -0.25) is 4.79 Å². The Labute approximate surface area is 195 Å². The molecule has 6 nitrogen and oxygen atoms in total. The number of carbonyl (C=O) groups is 2. The zero-order valence-electron chi connectivity index (χ0n) is 18.1. The van der Waals surface area contributed by atoms with Crippen LogP contribution in [0, 0.1) is 28.6 Å². The van der Waals surface area contributed by atoms with Gasteiger partial charge in [0.15, 0.2) is 0 Å². The third kappa shape index (κ3) is 5.38. The van der Waals surface area contributed by atoms with Gasteiger partial charge in [0.2, 0.25) is 6.10 Å². The van der Waals surface area contributed by atoms with Crippen LogP contribution in [-0.2, 0) is 19.1 Å². The molecule has 0 unspecified atom stereocenters. The molecule has 0 N–H and O–H groups in total. The lowest BCUT2D eigenvalue weighted by atomic mass is 10.1. The van der Waals surface area contributed by atoms with Crippen LogP contribution < -0.4 is 4.74 Å². The molecule has 0 bridgehead atoms. The van der Waals surface area contributed by atoms with E-state index in [1.54, 1.807) is 37.3 Å². The molecular formula is C25H24BrNO5. The third-order valence-electron chi connectivity index (χ3n) is 5.45. The van der Waals surface area contributed by atoms with Crippen LogP contribution in [-0.4, -0.2) is 18.5 Å². The van der Waals surface area contributed by atoms with Gasteiger partial charge in [-0.15, -0.1) is 0 Å². The molecule has 0 spiro atoms. The Morgan fingerprint density at radius 2 is 1.84 bits per heavy atom. The Morgan fingerprint density at radius 3 is 2.50 bits per heavy atom. The summed E-state index contributed by atoms with van der Waals surface area (Å²) in [6.45, 7) is 5.82. The Kier molecular flexibility index (Phi) is 7.37. The molecule has 0 aromatic heterocycles. The highest BCUT2D eigenvalue weighted by Gasteiger charge is 2.62. The average Bonchev–Trinajstić information content (AvgIpc) is 3.32. The second-order valence-electron chi connectivity index (χ2n) is 7.99. The summed E-state index contributed by atoms with van der Waals surface area (Å²) in [5.74, 6) is -0.439. The largest absolute Gasteiger partial charge is 0.462 e. The van der Waals surface area contributed by atoms with E-state index >= 15 is 0 Å². The fraction of sp³-hybridized carbons (Fsp3) is 0.320. The summed E-state index contributed by atoms with van der Waals surface area (Å²) in [7, 11) is 0. The van der Waals surface area contributed by atoms with E-state index in [0.717, 1.165) is 0 Å². The van der Waals surface area contributed by atoms with Crippen molar-refractivity contribution in [1.82, 2.24) is 0 Å². The van der Waals surface area contributed by atoms with Gasteiger partial charge in [-0.1, -0.05) is 50.3 Å². The van der Waals surface area contributed by atoms with Crippen molar-refractivity contribution < 1.29 is 23.8 Å². The van der Waals surface area contributed by atoms with Gasteiger partial charge in [0.1, 0.15) is 17.6 Å². The highest BCUT2D eigenvalue weighted by atomic mass is 79.9. The molecule has 3 rings (SSSR count). The molecule has 0 aliphatic heterocycles. The van der Waals surface area contributed by atoms with E-state index in [9.17, 15) is 14.9 Å². The molecule has 0 radical (unpaired) electrons. The van der Waals surface area contributed by atoms with Gasteiger partial charge in [-0.25, -0.2) is 4.79 Å². The predicted octanol–water partition coefficient (Wildman–Crippen LogP) is 5.70. The lowest BCUT2D eigenvalue weighted by Gasteiger charge is -2.13. The number of benzene rings is 2. The third-order valence-corrected chi connectivity index (χ3v) is 6.04. The van der Waals surface area contributed by atoms with Gasteiger partial charge in [0.05, 0.1) is 17.0 Å². The van der Waals surface area contributed by atoms with Crippen molar-refractivity contribution in [3.05, 3.63) is 70.7 Å². The van der Waals surface area contributed by atoms with Gasteiger partial charge in [-0.05, 0) is 58.5 Å². The van der Waals surface area contributed by atoms with Crippen molar-refractivity contribution in [2.45, 2.75) is 26.9 Å². The quantitative estimate of drug-likeness (QED) is 0.343. The second kappa shape index (κ2) is 10.0. The Balaban J connectivity index is 1.70. The van der Waals surface area contributed by atoms with Gasteiger partial charge >= 0.3 is 11.9 Å². The monoisotopic (exact) mass is 497 g/mol. The molecular weight excluding hydrogens is 474 g/mol. The van der Waals surface area contributed by atoms with Crippen LogP contribution in [0.2, 0.25) is 0 Å². The summed E-state index contributed by atoms with van der Waals surface area (Å²) >= 11 is 3.22. The first-order chi connectivity index (χ1) is 15.3. The zero-order valence-corrected chi connectivity index (χ0v) is 19.7. The summed E-state index contributed by atoms with van der Waals surface area (Å²) < 4.78 is 16.6. The van der Waals surface area contributed by atoms with E-state index in [4.69, 9.17) is 14.2 Å². The van der Waals surface area contributed by atoms with E-state index in [1.807, 2.05) is 50.2 Å². The lowest BCUT2D eigenvalue weighted by Crippen LogP contribution is -2.14. The molecule has 1 aliphatic carbocycles. The Hall–Kier alpha value is -3.11. The van der Waals surface area contributed by atoms with Crippen LogP contribution in [0.4, 0.5) is 0 Å². The van der Waals surface area contributed by atoms with Crippen molar-refractivity contribution in [2.24, 2.45) is 17.3 Å². The highest BCUT2D eigenvalue weighted by Crippen LogP contribution is 2.60. The maximum Gasteiger partial charge on any atom is 0.344 e. The van der Waals surface area contributed by atoms with Crippen LogP contribution in [0.5, 0.6) is 11.5 Å². The van der Waals surface area contributed by atoms with Gasteiger partial charge in [0.25, 0.3) is 0 Å². The standard InChI is InChI=1S/C25H24BrNO5/c1-4-30-23(28)20(26)14-19-22(25(19,2)3)24(29)32-21(15-27)16-9-8-12-18(13-16)31-17-10-6-5-7-11-17/h5-14,19,21-22H,4H2,1-3H3/t19-,21+,22-/m0/s1. The molecule has 1 fully saturated rings. The first-order valence-corrected chi connectivity index (χ1v) is 11.0. The SMILES string of the molecule is CCOC(=O)C(Br)=C[C@H]1[C@@H](C(=O)O[C@H](C#N)c2cccc(Oc3ccccc3)c2)C1(C)C. The maximum absolute atomic E-state index is 12.9. The second-order valence-corrected chi connectivity index (χ2v) is 8.85. The van der Waals surface area contributed by atoms with Crippen molar-refractivity contribution >= 4 is 27.9 Å². The molecule has 2 aromatic rings. The number of ether oxygens (including phenoxy) is 3. The number of nitrogens with zero attached hydrogens (tertiary/aromatic N) is 1. The van der Waals surface area contributed by atoms with Crippen LogP contribution in [0.3, 0.4) is 0 Å². The van der Waals surface area contributed by atoms with Crippen LogP contribution in [0.1, 0.15) is 32.4 Å². The molecule has 166 valence electrons. The molecule has 32 heavy (non-hydrogen) atoms. The van der Waals surface area contributed by atoms with E-state index in [2.05, 4.69) is 15.9 Å². The van der Waals surface area contributed by atoms with Crippen molar-refractivity contribution in [1.29, 1.82) is 5.26 Å². The molecule has 1 saturated carbocycles. The fourth-order valence-electron chi connectivity index (χ4n) is 3.59. The molecule has 0 heterocycles. The minimum absolute atomic E-state index is 0.208. The van der Waals surface area contributed by atoms with E-state index in [0.29, 0.717) is 17.1 Å². The molecule has 0 saturated heterocycles. The number of esters is 2. The summed E-state index contributed by atoms with van der Waals surface area (Å²) in [5.41, 5.74) is 0.119. The van der Waals surface area contributed by atoms with Crippen LogP contribution in [0.15, 0.2) is 65.2 Å². The van der Waals surface area contributed by atoms with Gasteiger partial charge in [0, 0.05) is 5.56 Å². The topological polar surface area (TPSA) is 85.6 Å². The Bertz CT molecular complexity index is 1060. The van der Waals surface area contributed by atoms with E-state index < -0.39 is 29.4 Å². The summed E-state index contributed by atoms with van der Waals surface area (Å²) in [6.07, 6.45) is 0.607. The van der Waals surface area contributed by atoms with E-state index in [-0.39, 0.29) is 17.0 Å². The number of carbonyl (C=O) groups excluding carboxylic acids is 2. The number of halogens is 1. The summed E-state index contributed by atoms with van der Waals surface area (Å²) in [6, 6.07) is 18.2. The summed E-state index contributed by atoms with van der Waals surface area (Å²) in [5, 5.41) is 9.64. The average molecular weight is 498 g/mol. The fourth-order valence-corrected chi connectivity index (χ4v) is 3.99. The maximum atomic E-state index is 12.9. The van der Waals surface area contributed by atoms with Crippen LogP contribution >= 0.6 is 15.9 Å². The van der Waals surface area contributed by atoms with Crippen molar-refractivity contribution in [2.75, 3.05) is 6.61 Å². The Morgan fingerprint density at radius 1 is 1.16 bits per heavy atom. The molecule has 2 aromatic carbocycles.